The molecule has 0 aliphatic heterocycles. The minimum Gasteiger partial charge on any atom is -0.321 e. The summed E-state index contributed by atoms with van der Waals surface area (Å²) in [6.07, 6.45) is 1.22. The van der Waals surface area contributed by atoms with Gasteiger partial charge in [0.05, 0.1) is 23.2 Å². The summed E-state index contributed by atoms with van der Waals surface area (Å²) in [5.41, 5.74) is 3.79. The van der Waals surface area contributed by atoms with Crippen LogP contribution < -0.4 is 11.0 Å². The van der Waals surface area contributed by atoms with E-state index in [1.807, 2.05) is 25.1 Å². The topological polar surface area (TPSA) is 112 Å². The minimum absolute atomic E-state index is 0.101. The van der Waals surface area contributed by atoms with E-state index in [1.54, 1.807) is 24.3 Å². The van der Waals surface area contributed by atoms with Gasteiger partial charge in [-0.05, 0) is 36.6 Å². The Hall–Kier alpha value is -3.30. The lowest BCUT2D eigenvalue weighted by Gasteiger charge is -2.16. The number of aromatic nitrogens is 1. The number of benzene rings is 2. The van der Waals surface area contributed by atoms with E-state index in [2.05, 4.69) is 15.5 Å². The first-order valence-electron chi connectivity index (χ1n) is 8.74. The second-order valence-electron chi connectivity index (χ2n) is 6.51. The SMILES string of the molecule is Cc1ccc(S(=O)(=O)N(C)CC(=O)N/N=C/c2cc3ccccc3[nH]c2=O)cc1. The van der Waals surface area contributed by atoms with Gasteiger partial charge in [0.2, 0.25) is 10.0 Å². The van der Waals surface area contributed by atoms with Crippen molar-refractivity contribution in [1.82, 2.24) is 14.7 Å². The molecule has 0 spiro atoms. The molecule has 8 nitrogen and oxygen atoms in total. The van der Waals surface area contributed by atoms with Crippen molar-refractivity contribution in [1.29, 1.82) is 0 Å². The van der Waals surface area contributed by atoms with Crippen LogP contribution in [-0.4, -0.2) is 43.4 Å². The molecule has 0 unspecified atom stereocenters. The number of hydrogen-bond acceptors (Lipinski definition) is 5. The van der Waals surface area contributed by atoms with Gasteiger partial charge >= 0.3 is 0 Å². The maximum atomic E-state index is 12.5. The van der Waals surface area contributed by atoms with Gasteiger partial charge in [-0.3, -0.25) is 9.59 Å². The van der Waals surface area contributed by atoms with E-state index < -0.39 is 22.5 Å². The van der Waals surface area contributed by atoms with Crippen LogP contribution in [-0.2, 0) is 14.8 Å². The number of nitrogens with zero attached hydrogens (tertiary/aromatic N) is 2. The molecule has 0 aliphatic rings. The van der Waals surface area contributed by atoms with Crippen LogP contribution in [0.15, 0.2) is 69.4 Å². The van der Waals surface area contributed by atoms with Gasteiger partial charge < -0.3 is 4.98 Å². The van der Waals surface area contributed by atoms with E-state index in [0.29, 0.717) is 5.52 Å². The van der Waals surface area contributed by atoms with E-state index >= 15 is 0 Å². The summed E-state index contributed by atoms with van der Waals surface area (Å²) in [6, 6.07) is 15.3. The molecule has 1 aromatic heterocycles. The van der Waals surface area contributed by atoms with Gasteiger partial charge in [-0.2, -0.15) is 9.41 Å². The lowest BCUT2D eigenvalue weighted by Crippen LogP contribution is -2.36. The Bertz CT molecular complexity index is 1230. The highest BCUT2D eigenvalue weighted by Crippen LogP contribution is 2.14. The van der Waals surface area contributed by atoms with E-state index in [0.717, 1.165) is 15.3 Å². The number of carbonyl (C=O) groups is 1. The minimum atomic E-state index is -3.79. The van der Waals surface area contributed by atoms with Crippen LogP contribution in [0.3, 0.4) is 0 Å². The van der Waals surface area contributed by atoms with Crippen molar-refractivity contribution in [3.8, 4) is 0 Å². The molecule has 3 rings (SSSR count). The predicted molar refractivity (Wildman–Crippen MR) is 111 cm³/mol. The number of fused-ring (bicyclic) bond motifs is 1. The quantitative estimate of drug-likeness (QED) is 0.473. The Morgan fingerprint density at radius 1 is 1.17 bits per heavy atom. The molecular formula is C20H20N4O4S. The normalized spacial score (nSPS) is 12.0. The molecule has 0 aliphatic carbocycles. The van der Waals surface area contributed by atoms with Crippen LogP contribution in [0.5, 0.6) is 0 Å². The molecule has 3 aromatic rings. The number of H-pyrrole nitrogens is 1. The number of para-hydroxylation sites is 1. The fourth-order valence-electron chi connectivity index (χ4n) is 2.65. The highest BCUT2D eigenvalue weighted by Gasteiger charge is 2.22. The number of nitrogens with one attached hydrogen (secondary N) is 2. The Morgan fingerprint density at radius 2 is 1.86 bits per heavy atom. The Balaban J connectivity index is 1.65. The highest BCUT2D eigenvalue weighted by atomic mass is 32.2. The van der Waals surface area contributed by atoms with Crippen LogP contribution in [0.4, 0.5) is 0 Å². The van der Waals surface area contributed by atoms with Gasteiger partial charge in [0.25, 0.3) is 11.5 Å². The molecule has 2 N–H and O–H groups in total. The third kappa shape index (κ3) is 4.76. The second-order valence-corrected chi connectivity index (χ2v) is 8.55. The van der Waals surface area contributed by atoms with Gasteiger partial charge in [0, 0.05) is 12.6 Å². The van der Waals surface area contributed by atoms with Crippen molar-refractivity contribution in [2.75, 3.05) is 13.6 Å². The maximum Gasteiger partial charge on any atom is 0.257 e. The first-order valence-corrected chi connectivity index (χ1v) is 10.2. The van der Waals surface area contributed by atoms with Crippen molar-refractivity contribution in [2.45, 2.75) is 11.8 Å². The number of amides is 1. The molecule has 0 saturated heterocycles. The molecule has 150 valence electrons. The smallest absolute Gasteiger partial charge is 0.257 e. The summed E-state index contributed by atoms with van der Waals surface area (Å²) >= 11 is 0. The number of hydrogen-bond donors (Lipinski definition) is 2. The molecule has 0 saturated carbocycles. The van der Waals surface area contributed by atoms with Crippen LogP contribution in [0.2, 0.25) is 0 Å². The van der Waals surface area contributed by atoms with Crippen LogP contribution in [0.1, 0.15) is 11.1 Å². The lowest BCUT2D eigenvalue weighted by atomic mass is 10.2. The number of rotatable bonds is 6. The van der Waals surface area contributed by atoms with E-state index in [9.17, 15) is 18.0 Å². The maximum absolute atomic E-state index is 12.5. The zero-order valence-electron chi connectivity index (χ0n) is 15.9. The van der Waals surface area contributed by atoms with Gasteiger partial charge in [-0.25, -0.2) is 13.8 Å². The lowest BCUT2D eigenvalue weighted by molar-refractivity contribution is -0.121. The molecule has 1 amide bonds. The van der Waals surface area contributed by atoms with Crippen molar-refractivity contribution >= 4 is 33.0 Å². The molecule has 0 radical (unpaired) electrons. The van der Waals surface area contributed by atoms with Gasteiger partial charge in [-0.1, -0.05) is 35.9 Å². The van der Waals surface area contributed by atoms with Crippen LogP contribution >= 0.6 is 0 Å². The Kier molecular flexibility index (Phi) is 5.90. The van der Waals surface area contributed by atoms with Crippen molar-refractivity contribution in [2.24, 2.45) is 5.10 Å². The number of sulfonamides is 1. The van der Waals surface area contributed by atoms with Crippen molar-refractivity contribution in [3.05, 3.63) is 76.1 Å². The molecule has 0 atom stereocenters. The second kappa shape index (κ2) is 8.38. The van der Waals surface area contributed by atoms with E-state index in [4.69, 9.17) is 0 Å². The zero-order valence-corrected chi connectivity index (χ0v) is 16.7. The summed E-state index contributed by atoms with van der Waals surface area (Å²) < 4.78 is 25.9. The molecule has 9 heteroatoms. The number of hydrazone groups is 1. The standard InChI is InChI=1S/C20H20N4O4S/c1-14-7-9-17(10-8-14)29(27,28)24(2)13-19(25)23-21-12-16-11-15-5-3-4-6-18(15)22-20(16)26/h3-12H,13H2,1-2H3,(H,22,26)(H,23,25)/b21-12+. The number of likely N-dealkylation sites (N-methyl/N-ethyl adjacent to an activating group) is 1. The third-order valence-electron chi connectivity index (χ3n) is 4.27. The summed E-state index contributed by atoms with van der Waals surface area (Å²) in [7, 11) is -2.48. The van der Waals surface area contributed by atoms with E-state index in [1.165, 1.54) is 25.4 Å². The summed E-state index contributed by atoms with van der Waals surface area (Å²) in [6.45, 7) is 1.44. The molecule has 29 heavy (non-hydrogen) atoms. The molecular weight excluding hydrogens is 392 g/mol. The molecule has 0 bridgehead atoms. The molecule has 2 aromatic carbocycles. The Morgan fingerprint density at radius 3 is 2.59 bits per heavy atom. The van der Waals surface area contributed by atoms with Gasteiger partial charge in [-0.15, -0.1) is 0 Å². The summed E-state index contributed by atoms with van der Waals surface area (Å²) in [5.74, 6) is -0.628. The van der Waals surface area contributed by atoms with Crippen LogP contribution in [0.25, 0.3) is 10.9 Å². The number of aryl methyl sites for hydroxylation is 1. The number of carbonyl (C=O) groups excluding carboxylic acids is 1. The fourth-order valence-corrected chi connectivity index (χ4v) is 3.77. The summed E-state index contributed by atoms with van der Waals surface area (Å²) in [4.78, 5) is 26.9. The van der Waals surface area contributed by atoms with Gasteiger partial charge in [0.1, 0.15) is 0 Å². The van der Waals surface area contributed by atoms with Crippen molar-refractivity contribution < 1.29 is 13.2 Å². The first-order chi connectivity index (χ1) is 13.8. The molecule has 0 fully saturated rings. The molecule has 1 heterocycles. The predicted octanol–water partition coefficient (Wildman–Crippen LogP) is 1.61. The Labute approximate surface area is 167 Å². The third-order valence-corrected chi connectivity index (χ3v) is 6.09. The average Bonchev–Trinajstić information content (AvgIpc) is 2.68. The average molecular weight is 412 g/mol. The van der Waals surface area contributed by atoms with E-state index in [-0.39, 0.29) is 16.0 Å². The van der Waals surface area contributed by atoms with Crippen molar-refractivity contribution in [3.63, 3.8) is 0 Å². The zero-order chi connectivity index (χ0) is 21.0. The van der Waals surface area contributed by atoms with Crippen LogP contribution in [0, 0.1) is 6.92 Å². The van der Waals surface area contributed by atoms with Gasteiger partial charge in [0.15, 0.2) is 0 Å². The summed E-state index contributed by atoms with van der Waals surface area (Å²) in [5, 5.41) is 4.59. The number of aromatic amines is 1. The monoisotopic (exact) mass is 412 g/mol. The number of pyridine rings is 1. The first kappa shape index (κ1) is 20.4. The largest absolute Gasteiger partial charge is 0.321 e. The fraction of sp³-hybridized carbons (Fsp3) is 0.150. The highest BCUT2D eigenvalue weighted by molar-refractivity contribution is 7.89.